The number of carbonyl (C=O) groups excluding carboxylic acids is 1. The Balaban J connectivity index is 1.97. The second kappa shape index (κ2) is 5.17. The molecule has 1 heterocycles. The van der Waals surface area contributed by atoms with Crippen molar-refractivity contribution in [1.82, 2.24) is 10.2 Å². The first-order valence-electron chi connectivity index (χ1n) is 7.27. The van der Waals surface area contributed by atoms with Crippen molar-refractivity contribution in [3.8, 4) is 0 Å². The quantitative estimate of drug-likeness (QED) is 0.745. The van der Waals surface area contributed by atoms with E-state index in [9.17, 15) is 4.79 Å². The van der Waals surface area contributed by atoms with Gasteiger partial charge in [-0.05, 0) is 52.0 Å². The molecule has 0 aromatic rings. The van der Waals surface area contributed by atoms with Crippen LogP contribution in [0, 0.1) is 5.92 Å². The van der Waals surface area contributed by atoms with Gasteiger partial charge in [-0.15, -0.1) is 0 Å². The van der Waals surface area contributed by atoms with Gasteiger partial charge in [-0.3, -0.25) is 9.69 Å². The molecule has 1 saturated heterocycles. The Hall–Kier alpha value is -0.610. The SMILES string of the molecule is CCNC(C)(CC(C)N1CC2CCC1C2)C(N)=O. The molecule has 0 aromatic heterocycles. The molecule has 2 aliphatic rings. The number of primary amides is 1. The second-order valence-electron chi connectivity index (χ2n) is 6.31. The maximum atomic E-state index is 11.7. The molecule has 2 bridgehead atoms. The molecule has 0 spiro atoms. The fourth-order valence-electron chi connectivity index (χ4n) is 3.86. The zero-order valence-electron chi connectivity index (χ0n) is 11.9. The first kappa shape index (κ1) is 13.8. The van der Waals surface area contributed by atoms with E-state index in [-0.39, 0.29) is 5.91 Å². The smallest absolute Gasteiger partial charge is 0.237 e. The summed E-state index contributed by atoms with van der Waals surface area (Å²) in [6.45, 7) is 8.18. The summed E-state index contributed by atoms with van der Waals surface area (Å²) in [6, 6.07) is 1.18. The summed E-state index contributed by atoms with van der Waals surface area (Å²) >= 11 is 0. The normalized spacial score (nSPS) is 32.4. The molecule has 4 heteroatoms. The average Bonchev–Trinajstić information content (AvgIpc) is 2.90. The first-order valence-corrected chi connectivity index (χ1v) is 7.27. The van der Waals surface area contributed by atoms with Crippen LogP contribution in [0.1, 0.15) is 46.5 Å². The summed E-state index contributed by atoms with van der Waals surface area (Å²) in [6.07, 6.45) is 4.90. The van der Waals surface area contributed by atoms with E-state index in [2.05, 4.69) is 17.1 Å². The number of nitrogens with one attached hydrogen (secondary N) is 1. The van der Waals surface area contributed by atoms with Crippen LogP contribution in [0.5, 0.6) is 0 Å². The molecule has 1 amide bonds. The topological polar surface area (TPSA) is 58.4 Å². The molecule has 1 aliphatic carbocycles. The van der Waals surface area contributed by atoms with E-state index in [1.807, 2.05) is 13.8 Å². The van der Waals surface area contributed by atoms with E-state index in [1.54, 1.807) is 0 Å². The van der Waals surface area contributed by atoms with E-state index in [0.717, 1.165) is 24.9 Å². The van der Waals surface area contributed by atoms with Crippen LogP contribution in [-0.4, -0.2) is 41.5 Å². The van der Waals surface area contributed by atoms with Crippen molar-refractivity contribution in [2.45, 2.75) is 64.1 Å². The van der Waals surface area contributed by atoms with E-state index in [4.69, 9.17) is 5.73 Å². The van der Waals surface area contributed by atoms with Crippen LogP contribution < -0.4 is 11.1 Å². The lowest BCUT2D eigenvalue weighted by Crippen LogP contribution is -2.56. The molecule has 1 aliphatic heterocycles. The number of carbonyl (C=O) groups is 1. The van der Waals surface area contributed by atoms with Crippen molar-refractivity contribution < 1.29 is 4.79 Å². The van der Waals surface area contributed by atoms with Crippen LogP contribution in [0.15, 0.2) is 0 Å². The number of hydrogen-bond donors (Lipinski definition) is 2. The highest BCUT2D eigenvalue weighted by Gasteiger charge is 2.42. The third-order valence-corrected chi connectivity index (χ3v) is 4.83. The van der Waals surface area contributed by atoms with E-state index in [0.29, 0.717) is 6.04 Å². The van der Waals surface area contributed by atoms with Gasteiger partial charge in [-0.25, -0.2) is 0 Å². The minimum absolute atomic E-state index is 0.236. The molecule has 2 fully saturated rings. The van der Waals surface area contributed by atoms with Gasteiger partial charge in [0.05, 0.1) is 5.54 Å². The van der Waals surface area contributed by atoms with Gasteiger partial charge in [-0.1, -0.05) is 6.92 Å². The number of piperidine rings is 1. The number of amides is 1. The summed E-state index contributed by atoms with van der Waals surface area (Å²) < 4.78 is 0. The molecule has 18 heavy (non-hydrogen) atoms. The van der Waals surface area contributed by atoms with Crippen molar-refractivity contribution in [2.75, 3.05) is 13.1 Å². The van der Waals surface area contributed by atoms with Crippen LogP contribution in [0.25, 0.3) is 0 Å². The van der Waals surface area contributed by atoms with Crippen LogP contribution >= 0.6 is 0 Å². The second-order valence-corrected chi connectivity index (χ2v) is 6.31. The summed E-state index contributed by atoms with van der Waals surface area (Å²) in [5.41, 5.74) is 4.99. The van der Waals surface area contributed by atoms with E-state index < -0.39 is 5.54 Å². The van der Waals surface area contributed by atoms with E-state index >= 15 is 0 Å². The Morgan fingerprint density at radius 3 is 2.72 bits per heavy atom. The summed E-state index contributed by atoms with van der Waals surface area (Å²) in [5, 5.41) is 3.26. The van der Waals surface area contributed by atoms with Crippen molar-refractivity contribution in [2.24, 2.45) is 11.7 Å². The fourth-order valence-corrected chi connectivity index (χ4v) is 3.86. The maximum absolute atomic E-state index is 11.7. The van der Waals surface area contributed by atoms with Crippen LogP contribution in [0.2, 0.25) is 0 Å². The van der Waals surface area contributed by atoms with Crippen LogP contribution in [0.4, 0.5) is 0 Å². The fraction of sp³-hybridized carbons (Fsp3) is 0.929. The molecule has 104 valence electrons. The van der Waals surface area contributed by atoms with Crippen molar-refractivity contribution >= 4 is 5.91 Å². The molecule has 0 radical (unpaired) electrons. The third kappa shape index (κ3) is 2.54. The zero-order chi connectivity index (χ0) is 13.3. The number of nitrogens with two attached hydrogens (primary N) is 1. The first-order chi connectivity index (χ1) is 8.46. The van der Waals surface area contributed by atoms with Crippen molar-refractivity contribution in [1.29, 1.82) is 0 Å². The molecule has 3 N–H and O–H groups in total. The molecule has 4 atom stereocenters. The minimum Gasteiger partial charge on any atom is -0.368 e. The molecule has 4 nitrogen and oxygen atoms in total. The van der Waals surface area contributed by atoms with Gasteiger partial charge in [-0.2, -0.15) is 0 Å². The molecule has 4 unspecified atom stereocenters. The number of likely N-dealkylation sites (N-methyl/N-ethyl adjacent to an activating group) is 1. The van der Waals surface area contributed by atoms with Gasteiger partial charge in [0.1, 0.15) is 0 Å². The Kier molecular flexibility index (Phi) is 3.97. The average molecular weight is 253 g/mol. The Bertz CT molecular complexity index is 320. The van der Waals surface area contributed by atoms with Gasteiger partial charge in [0.15, 0.2) is 0 Å². The molecule has 0 aromatic carbocycles. The molecule has 2 rings (SSSR count). The summed E-state index contributed by atoms with van der Waals surface area (Å²) in [4.78, 5) is 14.3. The van der Waals surface area contributed by atoms with Gasteiger partial charge < -0.3 is 11.1 Å². The highest BCUT2D eigenvalue weighted by atomic mass is 16.1. The number of likely N-dealkylation sites (tertiary alicyclic amines) is 1. The van der Waals surface area contributed by atoms with Gasteiger partial charge in [0, 0.05) is 18.6 Å². The number of fused-ring (bicyclic) bond motifs is 2. The van der Waals surface area contributed by atoms with Crippen LogP contribution in [0.3, 0.4) is 0 Å². The lowest BCUT2D eigenvalue weighted by atomic mass is 9.91. The maximum Gasteiger partial charge on any atom is 0.237 e. The minimum atomic E-state index is -0.573. The van der Waals surface area contributed by atoms with Gasteiger partial charge in [0.2, 0.25) is 5.91 Å². The Morgan fingerprint density at radius 1 is 1.56 bits per heavy atom. The van der Waals surface area contributed by atoms with E-state index in [1.165, 1.54) is 25.8 Å². The van der Waals surface area contributed by atoms with Gasteiger partial charge >= 0.3 is 0 Å². The highest BCUT2D eigenvalue weighted by molar-refractivity contribution is 5.84. The lowest BCUT2D eigenvalue weighted by molar-refractivity contribution is -0.124. The number of rotatable bonds is 6. The largest absolute Gasteiger partial charge is 0.368 e. The predicted octanol–water partition coefficient (Wildman–Crippen LogP) is 1.10. The van der Waals surface area contributed by atoms with Crippen LogP contribution in [-0.2, 0) is 4.79 Å². The summed E-state index contributed by atoms with van der Waals surface area (Å²) in [7, 11) is 0. The lowest BCUT2D eigenvalue weighted by Gasteiger charge is -2.38. The molecular formula is C14H27N3O. The highest BCUT2D eigenvalue weighted by Crippen LogP contribution is 2.39. The van der Waals surface area contributed by atoms with Crippen molar-refractivity contribution in [3.05, 3.63) is 0 Å². The molecule has 1 saturated carbocycles. The Morgan fingerprint density at radius 2 is 2.28 bits per heavy atom. The van der Waals surface area contributed by atoms with Crippen molar-refractivity contribution in [3.63, 3.8) is 0 Å². The predicted molar refractivity (Wildman–Crippen MR) is 73.2 cm³/mol. The third-order valence-electron chi connectivity index (χ3n) is 4.83. The monoisotopic (exact) mass is 253 g/mol. The summed E-state index contributed by atoms with van der Waals surface area (Å²) in [5.74, 6) is 0.664. The Labute approximate surface area is 110 Å². The zero-order valence-corrected chi connectivity index (χ0v) is 11.9. The standard InChI is InChI=1S/C14H27N3O/c1-4-16-14(3,13(15)18)8-10(2)17-9-11-5-6-12(17)7-11/h10-12,16H,4-9H2,1-3H3,(H2,15,18). The number of hydrogen-bond acceptors (Lipinski definition) is 3. The molecular weight excluding hydrogens is 226 g/mol. The number of nitrogens with zero attached hydrogens (tertiary/aromatic N) is 1. The van der Waals surface area contributed by atoms with Gasteiger partial charge in [0.25, 0.3) is 0 Å².